The summed E-state index contributed by atoms with van der Waals surface area (Å²) in [6.45, 7) is 1.73. The molecule has 1 aromatic carbocycles. The zero-order chi connectivity index (χ0) is 15.1. The van der Waals surface area contributed by atoms with Crippen LogP contribution in [0.25, 0.3) is 0 Å². The predicted molar refractivity (Wildman–Crippen MR) is 79.8 cm³/mol. The van der Waals surface area contributed by atoms with Crippen molar-refractivity contribution in [2.75, 3.05) is 26.2 Å². The molecule has 1 aromatic rings. The third-order valence-corrected chi connectivity index (χ3v) is 3.73. The van der Waals surface area contributed by atoms with Crippen molar-refractivity contribution < 1.29 is 14.7 Å². The van der Waals surface area contributed by atoms with E-state index in [0.29, 0.717) is 31.6 Å². The van der Waals surface area contributed by atoms with E-state index in [9.17, 15) is 9.59 Å². The maximum Gasteiger partial charge on any atom is 0.253 e. The molecule has 114 valence electrons. The number of amides is 2. The molecule has 0 bridgehead atoms. The van der Waals surface area contributed by atoms with Gasteiger partial charge in [0.2, 0.25) is 5.91 Å². The number of carbonyl (C=O) groups excluding carboxylic acids is 2. The van der Waals surface area contributed by atoms with Gasteiger partial charge in [-0.1, -0.05) is 18.2 Å². The number of hydrogen-bond acceptors (Lipinski definition) is 3. The van der Waals surface area contributed by atoms with Crippen LogP contribution < -0.4 is 5.32 Å². The maximum atomic E-state index is 12.4. The lowest BCUT2D eigenvalue weighted by Crippen LogP contribution is -2.45. The Labute approximate surface area is 125 Å². The Morgan fingerprint density at radius 2 is 2.05 bits per heavy atom. The van der Waals surface area contributed by atoms with Crippen molar-refractivity contribution in [2.45, 2.75) is 19.3 Å². The summed E-state index contributed by atoms with van der Waals surface area (Å²) in [6.07, 6.45) is 2.21. The van der Waals surface area contributed by atoms with E-state index in [2.05, 4.69) is 5.32 Å². The molecule has 2 rings (SSSR count). The zero-order valence-electron chi connectivity index (χ0n) is 12.1. The molecule has 1 unspecified atom stereocenters. The fourth-order valence-electron chi connectivity index (χ4n) is 2.57. The number of piperidine rings is 1. The average Bonchev–Trinajstić information content (AvgIpc) is 2.55. The standard InChI is InChI=1S/C16H22N2O3/c19-11-5-9-17-15(20)14-8-4-10-18(12-14)16(21)13-6-2-1-3-7-13/h1-3,6-7,14,19H,4-5,8-12H2,(H,17,20). The third kappa shape index (κ3) is 4.29. The summed E-state index contributed by atoms with van der Waals surface area (Å²) in [4.78, 5) is 26.2. The minimum Gasteiger partial charge on any atom is -0.396 e. The minimum absolute atomic E-state index is 0.0107. The van der Waals surface area contributed by atoms with Gasteiger partial charge < -0.3 is 15.3 Å². The normalized spacial score (nSPS) is 18.3. The Kier molecular flexibility index (Phi) is 5.75. The van der Waals surface area contributed by atoms with Crippen molar-refractivity contribution in [3.63, 3.8) is 0 Å². The van der Waals surface area contributed by atoms with E-state index >= 15 is 0 Å². The number of benzene rings is 1. The van der Waals surface area contributed by atoms with Crippen LogP contribution in [0.4, 0.5) is 0 Å². The summed E-state index contributed by atoms with van der Waals surface area (Å²) in [6, 6.07) is 9.16. The summed E-state index contributed by atoms with van der Waals surface area (Å²) in [5.74, 6) is -0.178. The van der Waals surface area contributed by atoms with Crippen LogP contribution in [0.15, 0.2) is 30.3 Å². The number of aliphatic hydroxyl groups excluding tert-OH is 1. The lowest BCUT2D eigenvalue weighted by atomic mass is 9.96. The first-order valence-electron chi connectivity index (χ1n) is 7.45. The molecule has 21 heavy (non-hydrogen) atoms. The number of nitrogens with one attached hydrogen (secondary N) is 1. The molecule has 1 atom stereocenters. The van der Waals surface area contributed by atoms with E-state index in [0.717, 1.165) is 12.8 Å². The van der Waals surface area contributed by atoms with Crippen LogP contribution in [0.5, 0.6) is 0 Å². The van der Waals surface area contributed by atoms with Gasteiger partial charge in [0.15, 0.2) is 0 Å². The molecule has 1 saturated heterocycles. The van der Waals surface area contributed by atoms with Gasteiger partial charge in [0, 0.05) is 31.8 Å². The molecule has 2 amide bonds. The number of aliphatic hydroxyl groups is 1. The number of rotatable bonds is 5. The van der Waals surface area contributed by atoms with Crippen molar-refractivity contribution in [2.24, 2.45) is 5.92 Å². The Hall–Kier alpha value is -1.88. The molecule has 1 aliphatic rings. The van der Waals surface area contributed by atoms with Gasteiger partial charge in [-0.05, 0) is 31.4 Å². The Morgan fingerprint density at radius 3 is 2.76 bits per heavy atom. The summed E-state index contributed by atoms with van der Waals surface area (Å²) in [5.41, 5.74) is 0.666. The number of nitrogens with zero attached hydrogens (tertiary/aromatic N) is 1. The largest absolute Gasteiger partial charge is 0.396 e. The van der Waals surface area contributed by atoms with Gasteiger partial charge in [-0.2, -0.15) is 0 Å². The molecule has 1 heterocycles. The fraction of sp³-hybridized carbons (Fsp3) is 0.500. The maximum absolute atomic E-state index is 12.4. The monoisotopic (exact) mass is 290 g/mol. The van der Waals surface area contributed by atoms with Gasteiger partial charge in [0.05, 0.1) is 5.92 Å². The summed E-state index contributed by atoms with van der Waals surface area (Å²) in [7, 11) is 0. The minimum atomic E-state index is -0.148. The first-order valence-corrected chi connectivity index (χ1v) is 7.45. The highest BCUT2D eigenvalue weighted by molar-refractivity contribution is 5.94. The van der Waals surface area contributed by atoms with Crippen molar-refractivity contribution in [1.82, 2.24) is 10.2 Å². The lowest BCUT2D eigenvalue weighted by Gasteiger charge is -2.32. The van der Waals surface area contributed by atoms with Gasteiger partial charge in [0.1, 0.15) is 0 Å². The molecular weight excluding hydrogens is 268 g/mol. The van der Waals surface area contributed by atoms with E-state index < -0.39 is 0 Å². The Morgan fingerprint density at radius 1 is 1.29 bits per heavy atom. The molecule has 1 fully saturated rings. The first kappa shape index (κ1) is 15.5. The predicted octanol–water partition coefficient (Wildman–Crippen LogP) is 1.04. The quantitative estimate of drug-likeness (QED) is 0.796. The second-order valence-electron chi connectivity index (χ2n) is 5.32. The molecule has 1 aliphatic heterocycles. The molecule has 0 aliphatic carbocycles. The van der Waals surface area contributed by atoms with Gasteiger partial charge in [-0.3, -0.25) is 9.59 Å². The number of likely N-dealkylation sites (tertiary alicyclic amines) is 1. The number of hydrogen-bond donors (Lipinski definition) is 2. The molecule has 2 N–H and O–H groups in total. The topological polar surface area (TPSA) is 69.6 Å². The number of carbonyl (C=O) groups is 2. The smallest absolute Gasteiger partial charge is 0.253 e. The van der Waals surface area contributed by atoms with E-state index in [1.165, 1.54) is 0 Å². The molecule has 0 radical (unpaired) electrons. The Balaban J connectivity index is 1.91. The second-order valence-corrected chi connectivity index (χ2v) is 5.32. The fourth-order valence-corrected chi connectivity index (χ4v) is 2.57. The van der Waals surface area contributed by atoms with E-state index in [-0.39, 0.29) is 24.3 Å². The van der Waals surface area contributed by atoms with E-state index in [1.807, 2.05) is 18.2 Å². The third-order valence-electron chi connectivity index (χ3n) is 3.73. The van der Waals surface area contributed by atoms with Gasteiger partial charge in [-0.15, -0.1) is 0 Å². The van der Waals surface area contributed by atoms with Crippen LogP contribution in [0, 0.1) is 5.92 Å². The van der Waals surface area contributed by atoms with E-state index in [4.69, 9.17) is 5.11 Å². The molecule has 0 saturated carbocycles. The highest BCUT2D eigenvalue weighted by atomic mass is 16.3. The van der Waals surface area contributed by atoms with Crippen molar-refractivity contribution in [1.29, 1.82) is 0 Å². The summed E-state index contributed by atoms with van der Waals surface area (Å²) < 4.78 is 0. The van der Waals surface area contributed by atoms with Gasteiger partial charge in [-0.25, -0.2) is 0 Å². The zero-order valence-corrected chi connectivity index (χ0v) is 12.1. The Bertz CT molecular complexity index is 476. The van der Waals surface area contributed by atoms with Crippen LogP contribution in [-0.4, -0.2) is 48.1 Å². The highest BCUT2D eigenvalue weighted by Crippen LogP contribution is 2.18. The van der Waals surface area contributed by atoms with Crippen LogP contribution in [0.1, 0.15) is 29.6 Å². The van der Waals surface area contributed by atoms with Crippen LogP contribution >= 0.6 is 0 Å². The molecule has 5 heteroatoms. The average molecular weight is 290 g/mol. The van der Waals surface area contributed by atoms with E-state index in [1.54, 1.807) is 17.0 Å². The molecular formula is C16H22N2O3. The summed E-state index contributed by atoms with van der Waals surface area (Å²) >= 11 is 0. The molecule has 0 aromatic heterocycles. The molecule has 5 nitrogen and oxygen atoms in total. The highest BCUT2D eigenvalue weighted by Gasteiger charge is 2.28. The summed E-state index contributed by atoms with van der Waals surface area (Å²) in [5, 5.41) is 11.5. The van der Waals surface area contributed by atoms with Gasteiger partial charge >= 0.3 is 0 Å². The van der Waals surface area contributed by atoms with Crippen LogP contribution in [0.3, 0.4) is 0 Å². The van der Waals surface area contributed by atoms with Gasteiger partial charge in [0.25, 0.3) is 5.91 Å². The van der Waals surface area contributed by atoms with Crippen molar-refractivity contribution >= 4 is 11.8 Å². The van der Waals surface area contributed by atoms with Crippen LogP contribution in [0.2, 0.25) is 0 Å². The SMILES string of the molecule is O=C(NCCCO)C1CCCN(C(=O)c2ccccc2)C1. The van der Waals surface area contributed by atoms with Crippen molar-refractivity contribution in [3.05, 3.63) is 35.9 Å². The van der Waals surface area contributed by atoms with Crippen molar-refractivity contribution in [3.8, 4) is 0 Å². The van der Waals surface area contributed by atoms with Crippen LogP contribution in [-0.2, 0) is 4.79 Å². The first-order chi connectivity index (χ1) is 10.2. The lowest BCUT2D eigenvalue weighted by molar-refractivity contribution is -0.126. The molecule has 0 spiro atoms. The second kappa shape index (κ2) is 7.78.